The van der Waals surface area contributed by atoms with Crippen molar-refractivity contribution in [2.24, 2.45) is 0 Å². The largest absolute Gasteiger partial charge is 0.507 e. The summed E-state index contributed by atoms with van der Waals surface area (Å²) in [5.41, 5.74) is 14.8. The lowest BCUT2D eigenvalue weighted by molar-refractivity contribution is 0.512. The molecule has 0 radical (unpaired) electrons. The molecule has 0 unspecified atom stereocenters. The van der Waals surface area contributed by atoms with Crippen molar-refractivity contribution in [1.82, 2.24) is 0 Å². The first-order valence-electron chi connectivity index (χ1n) is 10.7. The molecule has 3 rings (SSSR count). The van der Waals surface area contributed by atoms with Gasteiger partial charge in [-0.15, -0.1) is 0 Å². The van der Waals surface area contributed by atoms with Gasteiger partial charge >= 0.3 is 0 Å². The monoisotopic (exact) mass is 398 g/mol. The van der Waals surface area contributed by atoms with Crippen molar-refractivity contribution in [3.63, 3.8) is 0 Å². The molecule has 0 fully saturated rings. The molecule has 0 atom stereocenters. The van der Waals surface area contributed by atoms with Crippen molar-refractivity contribution in [2.45, 2.75) is 62.3 Å². The van der Waals surface area contributed by atoms with Crippen LogP contribution in [0.1, 0.15) is 66.8 Å². The van der Waals surface area contributed by atoms with Gasteiger partial charge in [-0.25, -0.2) is 0 Å². The summed E-state index contributed by atoms with van der Waals surface area (Å²) in [5, 5.41) is 11.9. The van der Waals surface area contributed by atoms with Gasteiger partial charge in [0, 0.05) is 11.1 Å². The minimum absolute atomic E-state index is 0.370. The molecule has 0 aliphatic heterocycles. The summed E-state index contributed by atoms with van der Waals surface area (Å²) in [6, 6.07) is 13.2. The van der Waals surface area contributed by atoms with Crippen molar-refractivity contribution in [2.75, 3.05) is 0 Å². The van der Waals surface area contributed by atoms with Gasteiger partial charge in [0.05, 0.1) is 0 Å². The molecule has 0 aromatic heterocycles. The summed E-state index contributed by atoms with van der Waals surface area (Å²) in [4.78, 5) is 0. The van der Waals surface area contributed by atoms with E-state index in [1.165, 1.54) is 38.9 Å². The molecule has 1 heteroatoms. The first-order chi connectivity index (χ1) is 14.0. The molecule has 0 aliphatic rings. The van der Waals surface area contributed by atoms with E-state index in [1.54, 1.807) is 0 Å². The summed E-state index contributed by atoms with van der Waals surface area (Å²) in [6.45, 7) is 19.1. The molecular formula is C29H34O. The van der Waals surface area contributed by atoms with Gasteiger partial charge in [-0.1, -0.05) is 53.1 Å². The fraction of sp³-hybridized carbons (Fsp3) is 0.310. The Morgan fingerprint density at radius 1 is 0.433 bits per heavy atom. The summed E-state index contributed by atoms with van der Waals surface area (Å²) in [5.74, 6) is 0.370. The number of aliphatic hydroxyl groups is 1. The highest BCUT2D eigenvalue weighted by molar-refractivity contribution is 6.00. The van der Waals surface area contributed by atoms with Gasteiger partial charge in [0.15, 0.2) is 0 Å². The third kappa shape index (κ3) is 3.94. The van der Waals surface area contributed by atoms with Gasteiger partial charge in [-0.2, -0.15) is 0 Å². The topological polar surface area (TPSA) is 20.2 Å². The number of hydrogen-bond acceptors (Lipinski definition) is 1. The van der Waals surface area contributed by atoms with Crippen LogP contribution in [0.15, 0.2) is 36.4 Å². The van der Waals surface area contributed by atoms with Gasteiger partial charge in [0.2, 0.25) is 0 Å². The predicted octanol–water partition coefficient (Wildman–Crippen LogP) is 7.94. The summed E-state index contributed by atoms with van der Waals surface area (Å²) < 4.78 is 0. The van der Waals surface area contributed by atoms with Gasteiger partial charge < -0.3 is 5.11 Å². The van der Waals surface area contributed by atoms with E-state index in [2.05, 4.69) is 98.7 Å². The van der Waals surface area contributed by atoms with E-state index in [4.69, 9.17) is 0 Å². The second-order valence-electron chi connectivity index (χ2n) is 9.04. The molecule has 30 heavy (non-hydrogen) atoms. The number of aryl methyl sites for hydroxylation is 9. The number of rotatable bonds is 3. The van der Waals surface area contributed by atoms with Crippen molar-refractivity contribution >= 4 is 11.3 Å². The lowest BCUT2D eigenvalue weighted by Gasteiger charge is -2.23. The first-order valence-corrected chi connectivity index (χ1v) is 10.7. The quantitative estimate of drug-likeness (QED) is 0.351. The Hall–Kier alpha value is -2.80. The van der Waals surface area contributed by atoms with Crippen LogP contribution in [-0.2, 0) is 0 Å². The third-order valence-electron chi connectivity index (χ3n) is 6.00. The summed E-state index contributed by atoms with van der Waals surface area (Å²) >= 11 is 0. The Morgan fingerprint density at radius 3 is 0.933 bits per heavy atom. The lowest BCUT2D eigenvalue weighted by Crippen LogP contribution is -2.06. The maximum atomic E-state index is 11.9. The highest BCUT2D eigenvalue weighted by Gasteiger charge is 2.23. The number of hydrogen-bond donors (Lipinski definition) is 1. The maximum absolute atomic E-state index is 11.9. The molecule has 0 spiro atoms. The predicted molar refractivity (Wildman–Crippen MR) is 131 cm³/mol. The summed E-state index contributed by atoms with van der Waals surface area (Å²) in [6.07, 6.45) is 0. The Labute approximate surface area is 182 Å². The zero-order chi connectivity index (χ0) is 22.3. The van der Waals surface area contributed by atoms with Crippen molar-refractivity contribution < 1.29 is 5.11 Å². The normalized spacial score (nSPS) is 11.0. The SMILES string of the molecule is Cc1cc(C)c(C(O)=C(c2c(C)cc(C)cc2C)c2c(C)cc(C)cc2C)c(C)c1. The molecule has 1 N–H and O–H groups in total. The van der Waals surface area contributed by atoms with E-state index < -0.39 is 0 Å². The van der Waals surface area contributed by atoms with E-state index in [1.807, 2.05) is 0 Å². The highest BCUT2D eigenvalue weighted by atomic mass is 16.3. The molecule has 0 aliphatic carbocycles. The van der Waals surface area contributed by atoms with Gasteiger partial charge in [-0.3, -0.25) is 0 Å². The third-order valence-corrected chi connectivity index (χ3v) is 6.00. The molecule has 156 valence electrons. The molecule has 1 nitrogen and oxygen atoms in total. The molecule has 0 bridgehead atoms. The second-order valence-corrected chi connectivity index (χ2v) is 9.04. The number of benzene rings is 3. The van der Waals surface area contributed by atoms with Crippen LogP contribution in [-0.4, -0.2) is 5.11 Å². The zero-order valence-electron chi connectivity index (χ0n) is 19.9. The molecule has 0 heterocycles. The smallest absolute Gasteiger partial charge is 0.131 e. The fourth-order valence-corrected chi connectivity index (χ4v) is 5.19. The Balaban J connectivity index is 2.52. The van der Waals surface area contributed by atoms with Gasteiger partial charge in [-0.05, 0) is 107 Å². The number of aliphatic hydroxyl groups excluding tert-OH is 1. The van der Waals surface area contributed by atoms with Crippen LogP contribution in [0.5, 0.6) is 0 Å². The van der Waals surface area contributed by atoms with Crippen LogP contribution in [0.25, 0.3) is 11.3 Å². The Bertz CT molecular complexity index is 1050. The summed E-state index contributed by atoms with van der Waals surface area (Å²) in [7, 11) is 0. The molecule has 0 saturated heterocycles. The second kappa shape index (κ2) is 8.14. The first kappa shape index (κ1) is 21.9. The fourth-order valence-electron chi connectivity index (χ4n) is 5.19. The zero-order valence-corrected chi connectivity index (χ0v) is 19.9. The van der Waals surface area contributed by atoms with Crippen LogP contribution in [0, 0.1) is 62.3 Å². The van der Waals surface area contributed by atoms with Crippen LogP contribution < -0.4 is 0 Å². The van der Waals surface area contributed by atoms with Gasteiger partial charge in [0.1, 0.15) is 5.76 Å². The average molecular weight is 399 g/mol. The van der Waals surface area contributed by atoms with Crippen LogP contribution in [0.4, 0.5) is 0 Å². The standard InChI is InChI=1S/C29H34O/c1-16-10-19(4)25(20(5)11-16)28(26-21(6)12-17(2)13-22(26)7)29(30)27-23(8)14-18(3)15-24(27)9/h10-15,30H,1-9H3. The van der Waals surface area contributed by atoms with Crippen molar-refractivity contribution in [3.8, 4) is 0 Å². The van der Waals surface area contributed by atoms with Crippen molar-refractivity contribution in [3.05, 3.63) is 103 Å². The van der Waals surface area contributed by atoms with E-state index in [9.17, 15) is 5.11 Å². The minimum atomic E-state index is 0.370. The van der Waals surface area contributed by atoms with E-state index in [0.29, 0.717) is 5.76 Å². The van der Waals surface area contributed by atoms with E-state index >= 15 is 0 Å². The average Bonchev–Trinajstić information content (AvgIpc) is 2.57. The van der Waals surface area contributed by atoms with Crippen LogP contribution >= 0.6 is 0 Å². The molecule has 3 aromatic rings. The Morgan fingerprint density at radius 2 is 0.667 bits per heavy atom. The molecular weight excluding hydrogens is 364 g/mol. The molecule has 0 saturated carbocycles. The van der Waals surface area contributed by atoms with E-state index in [-0.39, 0.29) is 0 Å². The maximum Gasteiger partial charge on any atom is 0.131 e. The van der Waals surface area contributed by atoms with Crippen LogP contribution in [0.3, 0.4) is 0 Å². The van der Waals surface area contributed by atoms with E-state index in [0.717, 1.165) is 33.4 Å². The lowest BCUT2D eigenvalue weighted by atomic mass is 9.82. The van der Waals surface area contributed by atoms with Crippen molar-refractivity contribution in [1.29, 1.82) is 0 Å². The van der Waals surface area contributed by atoms with Crippen LogP contribution in [0.2, 0.25) is 0 Å². The minimum Gasteiger partial charge on any atom is -0.507 e. The molecule has 0 amide bonds. The van der Waals surface area contributed by atoms with Gasteiger partial charge in [0.25, 0.3) is 0 Å². The Kier molecular flexibility index (Phi) is 5.94. The highest BCUT2D eigenvalue weighted by Crippen LogP contribution is 2.40. The molecule has 3 aromatic carbocycles.